The molecular formula is C12H12FNS. The smallest absolute Gasteiger partial charge is 0.130 e. The van der Waals surface area contributed by atoms with E-state index in [4.69, 9.17) is 5.26 Å². The molecule has 0 aliphatic rings. The molecule has 0 N–H and O–H groups in total. The third kappa shape index (κ3) is 3.77. The lowest BCUT2D eigenvalue weighted by molar-refractivity contribution is 0.624. The molecule has 0 bridgehead atoms. The van der Waals surface area contributed by atoms with Crippen LogP contribution < -0.4 is 0 Å². The number of halogens is 1. The lowest BCUT2D eigenvalue weighted by Crippen LogP contribution is -1.87. The fourth-order valence-electron chi connectivity index (χ4n) is 1.21. The molecule has 0 aliphatic carbocycles. The van der Waals surface area contributed by atoms with Gasteiger partial charge in [-0.3, -0.25) is 0 Å². The number of hydrogen-bond acceptors (Lipinski definition) is 2. The number of nitriles is 1. The van der Waals surface area contributed by atoms with Crippen molar-refractivity contribution >= 4 is 18.7 Å². The predicted octanol–water partition coefficient (Wildman–Crippen LogP) is 3.22. The van der Waals surface area contributed by atoms with Crippen molar-refractivity contribution in [3.05, 3.63) is 41.2 Å². The third-order valence-electron chi connectivity index (χ3n) is 1.94. The molecule has 1 rings (SSSR count). The van der Waals surface area contributed by atoms with Crippen molar-refractivity contribution in [2.75, 3.05) is 5.75 Å². The van der Waals surface area contributed by atoms with E-state index in [1.807, 2.05) is 12.1 Å². The van der Waals surface area contributed by atoms with Crippen LogP contribution in [-0.4, -0.2) is 5.75 Å². The summed E-state index contributed by atoms with van der Waals surface area (Å²) in [5.74, 6) is 0.489. The van der Waals surface area contributed by atoms with E-state index in [0.29, 0.717) is 12.0 Å². The first kappa shape index (κ1) is 11.8. The van der Waals surface area contributed by atoms with Crippen molar-refractivity contribution in [1.82, 2.24) is 0 Å². The Kier molecular flexibility index (Phi) is 4.92. The van der Waals surface area contributed by atoms with Crippen LogP contribution in [0.2, 0.25) is 0 Å². The minimum atomic E-state index is -0.257. The Morgan fingerprint density at radius 1 is 1.47 bits per heavy atom. The average molecular weight is 221 g/mol. The SMILES string of the molecule is N#CCc1ccc(F)c(C=CCCS)c1. The topological polar surface area (TPSA) is 23.8 Å². The first-order valence-electron chi connectivity index (χ1n) is 4.70. The Labute approximate surface area is 94.6 Å². The molecule has 0 spiro atoms. The van der Waals surface area contributed by atoms with Crippen LogP contribution in [-0.2, 0) is 6.42 Å². The van der Waals surface area contributed by atoms with Gasteiger partial charge in [-0.15, -0.1) is 0 Å². The molecule has 0 aromatic heterocycles. The van der Waals surface area contributed by atoms with Crippen molar-refractivity contribution in [2.24, 2.45) is 0 Å². The molecular weight excluding hydrogens is 209 g/mol. The molecule has 0 fully saturated rings. The van der Waals surface area contributed by atoms with Gasteiger partial charge in [-0.05, 0) is 29.9 Å². The average Bonchev–Trinajstić information content (AvgIpc) is 2.23. The summed E-state index contributed by atoms with van der Waals surface area (Å²) in [5, 5.41) is 8.52. The maximum absolute atomic E-state index is 13.3. The first-order valence-corrected chi connectivity index (χ1v) is 5.34. The molecule has 15 heavy (non-hydrogen) atoms. The normalized spacial score (nSPS) is 10.5. The quantitative estimate of drug-likeness (QED) is 0.775. The Bertz CT molecular complexity index is 393. The molecule has 1 aromatic carbocycles. The van der Waals surface area contributed by atoms with Gasteiger partial charge in [0.05, 0.1) is 12.5 Å². The Balaban J connectivity index is 2.86. The van der Waals surface area contributed by atoms with E-state index in [2.05, 4.69) is 12.6 Å². The number of rotatable bonds is 4. The van der Waals surface area contributed by atoms with Crippen LogP contribution in [0, 0.1) is 17.1 Å². The fourth-order valence-corrected chi connectivity index (χ4v) is 1.36. The summed E-state index contributed by atoms with van der Waals surface area (Å²) in [6.45, 7) is 0. The molecule has 0 saturated heterocycles. The van der Waals surface area contributed by atoms with Crippen molar-refractivity contribution in [1.29, 1.82) is 5.26 Å². The second-order valence-electron chi connectivity index (χ2n) is 3.11. The van der Waals surface area contributed by atoms with Crippen molar-refractivity contribution in [3.63, 3.8) is 0 Å². The maximum atomic E-state index is 13.3. The molecule has 0 atom stereocenters. The lowest BCUT2D eigenvalue weighted by Gasteiger charge is -1.99. The highest BCUT2D eigenvalue weighted by Gasteiger charge is 1.99. The highest BCUT2D eigenvalue weighted by Crippen LogP contribution is 2.13. The van der Waals surface area contributed by atoms with Crippen molar-refractivity contribution < 1.29 is 4.39 Å². The van der Waals surface area contributed by atoms with E-state index < -0.39 is 0 Å². The fraction of sp³-hybridized carbons (Fsp3) is 0.250. The summed E-state index contributed by atoms with van der Waals surface area (Å²) in [5.41, 5.74) is 1.37. The monoisotopic (exact) mass is 221 g/mol. The van der Waals surface area contributed by atoms with E-state index in [-0.39, 0.29) is 5.82 Å². The van der Waals surface area contributed by atoms with Crippen LogP contribution in [0.25, 0.3) is 6.08 Å². The minimum Gasteiger partial charge on any atom is -0.206 e. The number of nitrogens with zero attached hydrogens (tertiary/aromatic N) is 1. The minimum absolute atomic E-state index is 0.257. The summed E-state index contributed by atoms with van der Waals surface area (Å²) >= 11 is 4.06. The Morgan fingerprint density at radius 3 is 2.93 bits per heavy atom. The molecule has 0 radical (unpaired) electrons. The van der Waals surface area contributed by atoms with Gasteiger partial charge in [0.1, 0.15) is 5.82 Å². The van der Waals surface area contributed by atoms with Crippen LogP contribution in [0.15, 0.2) is 24.3 Å². The van der Waals surface area contributed by atoms with Gasteiger partial charge in [0.25, 0.3) is 0 Å². The zero-order valence-corrected chi connectivity index (χ0v) is 9.17. The molecule has 0 heterocycles. The lowest BCUT2D eigenvalue weighted by atomic mass is 10.1. The zero-order chi connectivity index (χ0) is 11.1. The van der Waals surface area contributed by atoms with E-state index in [0.717, 1.165) is 17.7 Å². The van der Waals surface area contributed by atoms with Gasteiger partial charge in [-0.25, -0.2) is 4.39 Å². The van der Waals surface area contributed by atoms with Crippen LogP contribution in [0.5, 0.6) is 0 Å². The molecule has 3 heteroatoms. The zero-order valence-electron chi connectivity index (χ0n) is 8.28. The maximum Gasteiger partial charge on any atom is 0.130 e. The first-order chi connectivity index (χ1) is 7.27. The van der Waals surface area contributed by atoms with Gasteiger partial charge in [-0.1, -0.05) is 18.2 Å². The van der Waals surface area contributed by atoms with Gasteiger partial charge in [0.2, 0.25) is 0 Å². The van der Waals surface area contributed by atoms with Gasteiger partial charge in [0.15, 0.2) is 0 Å². The van der Waals surface area contributed by atoms with Crippen molar-refractivity contribution in [2.45, 2.75) is 12.8 Å². The summed E-state index contributed by atoms with van der Waals surface area (Å²) in [6, 6.07) is 6.77. The van der Waals surface area contributed by atoms with Crippen LogP contribution in [0.1, 0.15) is 17.5 Å². The second-order valence-corrected chi connectivity index (χ2v) is 3.55. The molecule has 0 saturated carbocycles. The van der Waals surface area contributed by atoms with Gasteiger partial charge in [-0.2, -0.15) is 17.9 Å². The molecule has 1 aromatic rings. The van der Waals surface area contributed by atoms with E-state index >= 15 is 0 Å². The predicted molar refractivity (Wildman–Crippen MR) is 63.2 cm³/mol. The van der Waals surface area contributed by atoms with Crippen LogP contribution in [0.4, 0.5) is 4.39 Å². The molecule has 78 valence electrons. The summed E-state index contributed by atoms with van der Waals surface area (Å²) < 4.78 is 13.3. The van der Waals surface area contributed by atoms with E-state index in [1.54, 1.807) is 18.2 Å². The largest absolute Gasteiger partial charge is 0.206 e. The number of benzene rings is 1. The summed E-state index contributed by atoms with van der Waals surface area (Å²) in [4.78, 5) is 0. The number of hydrogen-bond donors (Lipinski definition) is 1. The molecule has 1 nitrogen and oxygen atoms in total. The second kappa shape index (κ2) is 6.26. The highest BCUT2D eigenvalue weighted by atomic mass is 32.1. The Hall–Kier alpha value is -1.27. The van der Waals surface area contributed by atoms with Crippen molar-refractivity contribution in [3.8, 4) is 6.07 Å². The van der Waals surface area contributed by atoms with E-state index in [1.165, 1.54) is 6.07 Å². The van der Waals surface area contributed by atoms with E-state index in [9.17, 15) is 4.39 Å². The third-order valence-corrected chi connectivity index (χ3v) is 2.19. The van der Waals surface area contributed by atoms with Crippen LogP contribution in [0.3, 0.4) is 0 Å². The molecule has 0 unspecified atom stereocenters. The van der Waals surface area contributed by atoms with Crippen LogP contribution >= 0.6 is 12.6 Å². The highest BCUT2D eigenvalue weighted by molar-refractivity contribution is 7.80. The van der Waals surface area contributed by atoms with Gasteiger partial charge < -0.3 is 0 Å². The van der Waals surface area contributed by atoms with Gasteiger partial charge >= 0.3 is 0 Å². The van der Waals surface area contributed by atoms with Gasteiger partial charge in [0, 0.05) is 5.56 Å². The summed E-state index contributed by atoms with van der Waals surface area (Å²) in [7, 11) is 0. The molecule has 0 aliphatic heterocycles. The standard InChI is InChI=1S/C12H12FNS/c13-12-5-4-10(6-7-14)9-11(12)3-1-2-8-15/h1,3-5,9,15H,2,6,8H2. The number of allylic oxidation sites excluding steroid dienone is 1. The Morgan fingerprint density at radius 2 is 2.27 bits per heavy atom. The number of thiol groups is 1. The summed E-state index contributed by atoms with van der Waals surface area (Å²) in [6.07, 6.45) is 4.73. The molecule has 0 amide bonds.